The molecule has 2 N–H and O–H groups in total. The molecular formula is C12H18N2O2. The molecule has 1 amide bonds. The second kappa shape index (κ2) is 4.70. The first-order valence-electron chi connectivity index (χ1n) is 5.78. The van der Waals surface area contributed by atoms with Crippen molar-refractivity contribution in [3.05, 3.63) is 24.0 Å². The Balaban J connectivity index is 1.95. The largest absolute Gasteiger partial charge is 0.396 e. The standard InChI is InChI=1S/C12H18N2O2/c1-9(8-15)7-13-12(16)11-3-2-6-14(11)10-4-5-10/h2-3,6,9-10,15H,4-5,7-8H2,1H3,(H,13,16). The van der Waals surface area contributed by atoms with Crippen molar-refractivity contribution in [1.29, 1.82) is 0 Å². The average molecular weight is 222 g/mol. The van der Waals surface area contributed by atoms with Gasteiger partial charge < -0.3 is 15.0 Å². The Morgan fingerprint density at radius 1 is 1.69 bits per heavy atom. The number of hydrogen-bond acceptors (Lipinski definition) is 2. The average Bonchev–Trinajstić information content (AvgIpc) is 3.03. The lowest BCUT2D eigenvalue weighted by Gasteiger charge is -2.11. The number of carbonyl (C=O) groups excluding carboxylic acids is 1. The summed E-state index contributed by atoms with van der Waals surface area (Å²) in [5, 5.41) is 11.7. The molecule has 16 heavy (non-hydrogen) atoms. The van der Waals surface area contributed by atoms with Gasteiger partial charge in [-0.25, -0.2) is 0 Å². The molecule has 0 aromatic carbocycles. The van der Waals surface area contributed by atoms with Gasteiger partial charge in [-0.05, 0) is 30.9 Å². The highest BCUT2D eigenvalue weighted by molar-refractivity contribution is 5.92. The summed E-state index contributed by atoms with van der Waals surface area (Å²) < 4.78 is 2.04. The smallest absolute Gasteiger partial charge is 0.267 e. The SMILES string of the molecule is CC(CO)CNC(=O)c1cccn1C1CC1. The fourth-order valence-corrected chi connectivity index (χ4v) is 1.68. The summed E-state index contributed by atoms with van der Waals surface area (Å²) >= 11 is 0. The van der Waals surface area contributed by atoms with Gasteiger partial charge in [0.15, 0.2) is 0 Å². The van der Waals surface area contributed by atoms with Crippen LogP contribution in [0.4, 0.5) is 0 Å². The lowest BCUT2D eigenvalue weighted by atomic mass is 10.2. The van der Waals surface area contributed by atoms with Crippen LogP contribution in [0.5, 0.6) is 0 Å². The van der Waals surface area contributed by atoms with E-state index in [1.807, 2.05) is 29.8 Å². The molecule has 0 saturated heterocycles. The van der Waals surface area contributed by atoms with E-state index in [0.717, 1.165) is 5.69 Å². The van der Waals surface area contributed by atoms with Crippen LogP contribution in [-0.4, -0.2) is 28.7 Å². The molecular weight excluding hydrogens is 204 g/mol. The van der Waals surface area contributed by atoms with E-state index in [-0.39, 0.29) is 18.4 Å². The zero-order valence-electron chi connectivity index (χ0n) is 9.52. The van der Waals surface area contributed by atoms with Crippen molar-refractivity contribution in [3.63, 3.8) is 0 Å². The highest BCUT2D eigenvalue weighted by atomic mass is 16.3. The van der Waals surface area contributed by atoms with Gasteiger partial charge in [0.25, 0.3) is 5.91 Å². The number of aliphatic hydroxyl groups is 1. The van der Waals surface area contributed by atoms with Crippen molar-refractivity contribution in [1.82, 2.24) is 9.88 Å². The predicted octanol–water partition coefficient (Wildman–Crippen LogP) is 1.18. The summed E-state index contributed by atoms with van der Waals surface area (Å²) in [4.78, 5) is 11.9. The molecule has 1 aromatic rings. The van der Waals surface area contributed by atoms with Crippen molar-refractivity contribution >= 4 is 5.91 Å². The quantitative estimate of drug-likeness (QED) is 0.786. The van der Waals surface area contributed by atoms with Crippen LogP contribution < -0.4 is 5.32 Å². The fraction of sp³-hybridized carbons (Fsp3) is 0.583. The Morgan fingerprint density at radius 3 is 3.06 bits per heavy atom. The van der Waals surface area contributed by atoms with Crippen molar-refractivity contribution in [2.24, 2.45) is 5.92 Å². The highest BCUT2D eigenvalue weighted by Crippen LogP contribution is 2.35. The molecule has 4 heteroatoms. The van der Waals surface area contributed by atoms with Crippen LogP contribution in [-0.2, 0) is 0 Å². The number of nitrogens with one attached hydrogen (secondary N) is 1. The van der Waals surface area contributed by atoms with Gasteiger partial charge in [0.05, 0.1) is 0 Å². The van der Waals surface area contributed by atoms with Gasteiger partial charge in [-0.1, -0.05) is 6.92 Å². The zero-order valence-corrected chi connectivity index (χ0v) is 9.52. The molecule has 1 unspecified atom stereocenters. The molecule has 1 fully saturated rings. The Hall–Kier alpha value is -1.29. The monoisotopic (exact) mass is 222 g/mol. The molecule has 0 aliphatic heterocycles. The summed E-state index contributed by atoms with van der Waals surface area (Å²) in [7, 11) is 0. The molecule has 0 bridgehead atoms. The van der Waals surface area contributed by atoms with E-state index in [1.54, 1.807) is 0 Å². The number of hydrogen-bond donors (Lipinski definition) is 2. The van der Waals surface area contributed by atoms with E-state index >= 15 is 0 Å². The van der Waals surface area contributed by atoms with E-state index in [0.29, 0.717) is 12.6 Å². The van der Waals surface area contributed by atoms with Crippen LogP contribution in [0.15, 0.2) is 18.3 Å². The minimum Gasteiger partial charge on any atom is -0.396 e. The number of amides is 1. The van der Waals surface area contributed by atoms with Crippen LogP contribution in [0.3, 0.4) is 0 Å². The molecule has 1 atom stereocenters. The normalized spacial score (nSPS) is 17.1. The van der Waals surface area contributed by atoms with Gasteiger partial charge in [0, 0.05) is 25.4 Å². The second-order valence-corrected chi connectivity index (χ2v) is 4.53. The van der Waals surface area contributed by atoms with E-state index < -0.39 is 0 Å². The van der Waals surface area contributed by atoms with Crippen molar-refractivity contribution in [2.45, 2.75) is 25.8 Å². The molecule has 0 spiro atoms. The Kier molecular flexibility index (Phi) is 3.29. The van der Waals surface area contributed by atoms with Crippen molar-refractivity contribution in [2.75, 3.05) is 13.2 Å². The summed E-state index contributed by atoms with van der Waals surface area (Å²) in [6, 6.07) is 4.27. The van der Waals surface area contributed by atoms with E-state index in [2.05, 4.69) is 5.32 Å². The molecule has 1 saturated carbocycles. The summed E-state index contributed by atoms with van der Waals surface area (Å²) in [5.74, 6) is 0.0606. The van der Waals surface area contributed by atoms with Crippen LogP contribution in [0.25, 0.3) is 0 Å². The molecule has 2 rings (SSSR count). The van der Waals surface area contributed by atoms with Crippen LogP contribution >= 0.6 is 0 Å². The lowest BCUT2D eigenvalue weighted by Crippen LogP contribution is -2.30. The van der Waals surface area contributed by atoms with E-state index in [1.165, 1.54) is 12.8 Å². The highest BCUT2D eigenvalue weighted by Gasteiger charge is 2.26. The van der Waals surface area contributed by atoms with Crippen molar-refractivity contribution in [3.8, 4) is 0 Å². The van der Waals surface area contributed by atoms with E-state index in [9.17, 15) is 4.79 Å². The number of rotatable bonds is 5. The van der Waals surface area contributed by atoms with Crippen LogP contribution in [0.2, 0.25) is 0 Å². The summed E-state index contributed by atoms with van der Waals surface area (Å²) in [6.07, 6.45) is 4.30. The molecule has 1 heterocycles. The molecule has 0 radical (unpaired) electrons. The van der Waals surface area contributed by atoms with Gasteiger partial charge in [-0.15, -0.1) is 0 Å². The maximum absolute atomic E-state index is 11.9. The second-order valence-electron chi connectivity index (χ2n) is 4.53. The van der Waals surface area contributed by atoms with Gasteiger partial charge in [-0.2, -0.15) is 0 Å². The van der Waals surface area contributed by atoms with Crippen LogP contribution in [0.1, 0.15) is 36.3 Å². The van der Waals surface area contributed by atoms with Gasteiger partial charge in [0.2, 0.25) is 0 Å². The molecule has 4 nitrogen and oxygen atoms in total. The van der Waals surface area contributed by atoms with Gasteiger partial charge in [-0.3, -0.25) is 4.79 Å². The van der Waals surface area contributed by atoms with Gasteiger partial charge in [0.1, 0.15) is 5.69 Å². The molecule has 1 aliphatic carbocycles. The maximum Gasteiger partial charge on any atom is 0.267 e. The fourth-order valence-electron chi connectivity index (χ4n) is 1.68. The first kappa shape index (κ1) is 11.2. The maximum atomic E-state index is 11.9. The first-order valence-corrected chi connectivity index (χ1v) is 5.78. The predicted molar refractivity (Wildman–Crippen MR) is 61.3 cm³/mol. The van der Waals surface area contributed by atoms with Crippen LogP contribution in [0, 0.1) is 5.92 Å². The zero-order chi connectivity index (χ0) is 11.5. The molecule has 1 aromatic heterocycles. The number of aromatic nitrogens is 1. The summed E-state index contributed by atoms with van der Waals surface area (Å²) in [5.41, 5.74) is 0.729. The third-order valence-electron chi connectivity index (χ3n) is 2.87. The number of aliphatic hydroxyl groups excluding tert-OH is 1. The third-order valence-corrected chi connectivity index (χ3v) is 2.87. The Labute approximate surface area is 95.3 Å². The first-order chi connectivity index (χ1) is 7.72. The van der Waals surface area contributed by atoms with Gasteiger partial charge >= 0.3 is 0 Å². The molecule has 1 aliphatic rings. The topological polar surface area (TPSA) is 54.3 Å². The number of nitrogens with zero attached hydrogens (tertiary/aromatic N) is 1. The summed E-state index contributed by atoms with van der Waals surface area (Å²) in [6.45, 7) is 2.52. The third kappa shape index (κ3) is 2.44. The Morgan fingerprint density at radius 2 is 2.44 bits per heavy atom. The lowest BCUT2D eigenvalue weighted by molar-refractivity contribution is 0.0933. The number of carbonyl (C=O) groups is 1. The van der Waals surface area contributed by atoms with Crippen molar-refractivity contribution < 1.29 is 9.90 Å². The minimum absolute atomic E-state index is 0.0443. The molecule has 88 valence electrons. The Bertz CT molecular complexity index is 369. The minimum atomic E-state index is -0.0443. The van der Waals surface area contributed by atoms with E-state index in [4.69, 9.17) is 5.11 Å².